The van der Waals surface area contributed by atoms with Gasteiger partial charge in [0.25, 0.3) is 0 Å². The van der Waals surface area contributed by atoms with Gasteiger partial charge in [0.1, 0.15) is 0 Å². The van der Waals surface area contributed by atoms with Gasteiger partial charge in [-0.15, -0.1) is 0 Å². The lowest BCUT2D eigenvalue weighted by atomic mass is 10.1. The van der Waals surface area contributed by atoms with Crippen LogP contribution in [0.15, 0.2) is 0 Å². The summed E-state index contributed by atoms with van der Waals surface area (Å²) >= 11 is 0. The lowest BCUT2D eigenvalue weighted by Crippen LogP contribution is -2.17. The third-order valence-electron chi connectivity index (χ3n) is 3.02. The highest BCUT2D eigenvalue weighted by Crippen LogP contribution is 2.59. The smallest absolute Gasteiger partial charge is 0.00118 e. The van der Waals surface area contributed by atoms with Gasteiger partial charge < -0.3 is 5.32 Å². The van der Waals surface area contributed by atoms with Crippen LogP contribution in [-0.2, 0) is 0 Å². The number of hydrogen-bond acceptors (Lipinski definition) is 1. The van der Waals surface area contributed by atoms with Gasteiger partial charge >= 0.3 is 0 Å². The quantitative estimate of drug-likeness (QED) is 0.489. The van der Waals surface area contributed by atoms with Crippen LogP contribution in [0.1, 0.15) is 13.8 Å². The summed E-state index contributed by atoms with van der Waals surface area (Å²) in [4.78, 5) is 0. The zero-order valence-electron chi connectivity index (χ0n) is 5.57. The molecular formula is C7H13N. The Kier molecular flexibility index (Phi) is 0.663. The molecule has 1 saturated carbocycles. The van der Waals surface area contributed by atoms with E-state index in [-0.39, 0.29) is 0 Å². The minimum absolute atomic E-state index is 0.700. The molecule has 8 heavy (non-hydrogen) atoms. The van der Waals surface area contributed by atoms with Crippen molar-refractivity contribution in [2.75, 3.05) is 13.1 Å². The molecule has 0 aromatic rings. The summed E-state index contributed by atoms with van der Waals surface area (Å²) in [6.07, 6.45) is 0. The number of rotatable bonds is 0. The van der Waals surface area contributed by atoms with Crippen LogP contribution in [0.5, 0.6) is 0 Å². The Bertz CT molecular complexity index is 106. The highest BCUT2D eigenvalue weighted by molar-refractivity contribution is 5.10. The first-order valence-electron chi connectivity index (χ1n) is 3.43. The van der Waals surface area contributed by atoms with Crippen molar-refractivity contribution in [1.29, 1.82) is 0 Å². The molecule has 2 rings (SSSR count). The second-order valence-electron chi connectivity index (χ2n) is 3.69. The zero-order chi connectivity index (χ0) is 5.78. The molecule has 0 bridgehead atoms. The fourth-order valence-corrected chi connectivity index (χ4v) is 2.06. The van der Waals surface area contributed by atoms with Crippen molar-refractivity contribution in [2.45, 2.75) is 13.8 Å². The summed E-state index contributed by atoms with van der Waals surface area (Å²) in [7, 11) is 0. The first-order chi connectivity index (χ1) is 3.73. The summed E-state index contributed by atoms with van der Waals surface area (Å²) in [5.74, 6) is 2.03. The Labute approximate surface area is 50.5 Å². The molecule has 1 N–H and O–H groups in total. The number of hydrogen-bond donors (Lipinski definition) is 1. The largest absolute Gasteiger partial charge is 0.316 e. The molecule has 1 aliphatic heterocycles. The van der Waals surface area contributed by atoms with Crippen molar-refractivity contribution in [1.82, 2.24) is 5.32 Å². The van der Waals surface area contributed by atoms with Crippen molar-refractivity contribution in [3.8, 4) is 0 Å². The molecule has 1 heterocycles. The fourth-order valence-electron chi connectivity index (χ4n) is 2.06. The molecule has 0 aromatic carbocycles. The standard InChI is InChI=1S/C7H13N/c1-7(2)5-3-8-4-6(5)7/h5-6,8H,3-4H2,1-2H3/t5-,6-/m0/s1. The molecule has 0 radical (unpaired) electrons. The van der Waals surface area contributed by atoms with Crippen molar-refractivity contribution in [2.24, 2.45) is 17.3 Å². The summed E-state index contributed by atoms with van der Waals surface area (Å²) in [6, 6.07) is 0. The first-order valence-corrected chi connectivity index (χ1v) is 3.43. The Morgan fingerprint density at radius 3 is 2.00 bits per heavy atom. The predicted molar refractivity (Wildman–Crippen MR) is 33.6 cm³/mol. The second kappa shape index (κ2) is 1.10. The Morgan fingerprint density at radius 2 is 1.75 bits per heavy atom. The van der Waals surface area contributed by atoms with Crippen molar-refractivity contribution < 1.29 is 0 Å². The van der Waals surface area contributed by atoms with Crippen LogP contribution in [0.25, 0.3) is 0 Å². The van der Waals surface area contributed by atoms with E-state index in [2.05, 4.69) is 19.2 Å². The molecule has 46 valence electrons. The van der Waals surface area contributed by atoms with Crippen LogP contribution in [0.2, 0.25) is 0 Å². The molecule has 0 unspecified atom stereocenters. The molecular weight excluding hydrogens is 98.1 g/mol. The molecule has 2 atom stereocenters. The van der Waals surface area contributed by atoms with Gasteiger partial charge in [0.05, 0.1) is 0 Å². The van der Waals surface area contributed by atoms with E-state index in [0.29, 0.717) is 5.41 Å². The predicted octanol–water partition coefficient (Wildman–Crippen LogP) is 0.862. The normalized spacial score (nSPS) is 48.8. The lowest BCUT2D eigenvalue weighted by molar-refractivity contribution is 0.475. The van der Waals surface area contributed by atoms with E-state index in [1.807, 2.05) is 0 Å². The van der Waals surface area contributed by atoms with E-state index >= 15 is 0 Å². The van der Waals surface area contributed by atoms with Crippen molar-refractivity contribution in [3.63, 3.8) is 0 Å². The average molecular weight is 111 g/mol. The molecule has 0 spiro atoms. The van der Waals surface area contributed by atoms with Crippen LogP contribution in [-0.4, -0.2) is 13.1 Å². The number of fused-ring (bicyclic) bond motifs is 1. The van der Waals surface area contributed by atoms with E-state index in [0.717, 1.165) is 11.8 Å². The van der Waals surface area contributed by atoms with E-state index in [1.165, 1.54) is 13.1 Å². The van der Waals surface area contributed by atoms with Gasteiger partial charge in [0, 0.05) is 0 Å². The van der Waals surface area contributed by atoms with E-state index in [9.17, 15) is 0 Å². The fraction of sp³-hybridized carbons (Fsp3) is 1.00. The SMILES string of the molecule is CC1(C)[C@H]2CNC[C@@H]21. The minimum atomic E-state index is 0.700. The van der Waals surface area contributed by atoms with Gasteiger partial charge in [-0.3, -0.25) is 0 Å². The van der Waals surface area contributed by atoms with Crippen LogP contribution in [0.3, 0.4) is 0 Å². The molecule has 1 aliphatic carbocycles. The molecule has 1 nitrogen and oxygen atoms in total. The Balaban J connectivity index is 2.13. The van der Waals surface area contributed by atoms with E-state index < -0.39 is 0 Å². The highest BCUT2D eigenvalue weighted by Gasteiger charge is 2.59. The van der Waals surface area contributed by atoms with Crippen LogP contribution < -0.4 is 5.32 Å². The van der Waals surface area contributed by atoms with E-state index in [4.69, 9.17) is 0 Å². The highest BCUT2D eigenvalue weighted by atomic mass is 15.0. The summed E-state index contributed by atoms with van der Waals surface area (Å²) in [6.45, 7) is 7.31. The Morgan fingerprint density at radius 1 is 1.25 bits per heavy atom. The average Bonchev–Trinajstić information content (AvgIpc) is 2.22. The van der Waals surface area contributed by atoms with Gasteiger partial charge in [-0.1, -0.05) is 13.8 Å². The maximum absolute atomic E-state index is 3.38. The van der Waals surface area contributed by atoms with Crippen LogP contribution >= 0.6 is 0 Å². The van der Waals surface area contributed by atoms with Gasteiger partial charge in [0.2, 0.25) is 0 Å². The number of nitrogens with one attached hydrogen (secondary N) is 1. The van der Waals surface area contributed by atoms with Crippen molar-refractivity contribution >= 4 is 0 Å². The van der Waals surface area contributed by atoms with Gasteiger partial charge in [0.15, 0.2) is 0 Å². The molecule has 1 saturated heterocycles. The Hall–Kier alpha value is -0.0400. The second-order valence-corrected chi connectivity index (χ2v) is 3.69. The molecule has 2 fully saturated rings. The third kappa shape index (κ3) is 0.368. The van der Waals surface area contributed by atoms with E-state index in [1.54, 1.807) is 0 Å². The molecule has 0 aromatic heterocycles. The maximum atomic E-state index is 3.38. The monoisotopic (exact) mass is 111 g/mol. The minimum Gasteiger partial charge on any atom is -0.316 e. The number of piperidine rings is 1. The molecule has 0 amide bonds. The maximum Gasteiger partial charge on any atom is -0.00118 e. The summed E-state index contributed by atoms with van der Waals surface area (Å²) in [5, 5.41) is 3.38. The van der Waals surface area contributed by atoms with Crippen molar-refractivity contribution in [3.05, 3.63) is 0 Å². The van der Waals surface area contributed by atoms with Gasteiger partial charge in [-0.2, -0.15) is 0 Å². The van der Waals surface area contributed by atoms with Crippen LogP contribution in [0.4, 0.5) is 0 Å². The van der Waals surface area contributed by atoms with Crippen LogP contribution in [0, 0.1) is 17.3 Å². The third-order valence-corrected chi connectivity index (χ3v) is 3.02. The summed E-state index contributed by atoms with van der Waals surface area (Å²) in [5.41, 5.74) is 0.700. The first kappa shape index (κ1) is 4.80. The molecule has 1 heteroatoms. The lowest BCUT2D eigenvalue weighted by Gasteiger charge is -2.06. The summed E-state index contributed by atoms with van der Waals surface area (Å²) < 4.78 is 0. The molecule has 2 aliphatic rings. The van der Waals surface area contributed by atoms with Gasteiger partial charge in [-0.05, 0) is 30.3 Å². The van der Waals surface area contributed by atoms with Gasteiger partial charge in [-0.25, -0.2) is 0 Å². The zero-order valence-corrected chi connectivity index (χ0v) is 5.57. The topological polar surface area (TPSA) is 12.0 Å².